The van der Waals surface area contributed by atoms with E-state index < -0.39 is 0 Å². The molecule has 8 aromatic carbocycles. The average molecular weight is 733 g/mol. The van der Waals surface area contributed by atoms with Gasteiger partial charge in [-0.3, -0.25) is 0 Å². The number of benzene rings is 8. The lowest BCUT2D eigenvalue weighted by atomic mass is 9.93. The fourth-order valence-corrected chi connectivity index (χ4v) is 9.02. The van der Waals surface area contributed by atoms with E-state index in [1.165, 1.54) is 25.7 Å². The van der Waals surface area contributed by atoms with Gasteiger partial charge < -0.3 is 4.42 Å². The molecule has 4 heteroatoms. The fraction of sp³-hybridized carbons (Fsp3) is 0. The van der Waals surface area contributed by atoms with E-state index in [1.807, 2.05) is 41.7 Å². The van der Waals surface area contributed by atoms with E-state index in [4.69, 9.17) is 14.4 Å². The summed E-state index contributed by atoms with van der Waals surface area (Å²) in [6.07, 6.45) is 0. The molecule has 3 aromatic heterocycles. The molecule has 0 unspecified atom stereocenters. The number of hydrogen-bond acceptors (Lipinski definition) is 4. The van der Waals surface area contributed by atoms with Gasteiger partial charge >= 0.3 is 0 Å². The second-order valence-electron chi connectivity index (χ2n) is 14.1. The van der Waals surface area contributed by atoms with Gasteiger partial charge in [-0.05, 0) is 64.2 Å². The van der Waals surface area contributed by atoms with Gasteiger partial charge in [0.05, 0.1) is 11.4 Å². The molecular weight excluding hydrogens is 701 g/mol. The number of aromatic nitrogens is 2. The van der Waals surface area contributed by atoms with E-state index in [2.05, 4.69) is 164 Å². The number of para-hydroxylation sites is 1. The van der Waals surface area contributed by atoms with Gasteiger partial charge in [-0.25, -0.2) is 9.97 Å². The Morgan fingerprint density at radius 2 is 0.893 bits per heavy atom. The molecule has 0 radical (unpaired) electrons. The molecule has 262 valence electrons. The monoisotopic (exact) mass is 732 g/mol. The third kappa shape index (κ3) is 5.58. The SMILES string of the molecule is c1ccc(-c2ccc(-c3nc(-c4ccccc4)cc(-c4ccc(-c5ccc(-c6ccc7sc8ccccc8c7c6)c6oc7ccccc7c56)cc4)n3)cc2)cc1. The summed E-state index contributed by atoms with van der Waals surface area (Å²) >= 11 is 1.84. The smallest absolute Gasteiger partial charge is 0.160 e. The van der Waals surface area contributed by atoms with E-state index in [-0.39, 0.29) is 0 Å². The Balaban J connectivity index is 1.01. The van der Waals surface area contributed by atoms with Crippen molar-refractivity contribution in [2.24, 2.45) is 0 Å². The first-order valence-corrected chi connectivity index (χ1v) is 19.6. The maximum absolute atomic E-state index is 6.70. The molecule has 0 aliphatic rings. The van der Waals surface area contributed by atoms with Crippen LogP contribution in [-0.2, 0) is 0 Å². The minimum Gasteiger partial charge on any atom is -0.455 e. The molecule has 0 aliphatic heterocycles. The minimum atomic E-state index is 0.695. The van der Waals surface area contributed by atoms with Crippen molar-refractivity contribution in [2.45, 2.75) is 0 Å². The Bertz CT molecular complexity index is 3220. The first-order chi connectivity index (χ1) is 27.7. The van der Waals surface area contributed by atoms with Gasteiger partial charge in [-0.15, -0.1) is 11.3 Å². The van der Waals surface area contributed by atoms with Crippen LogP contribution in [0.5, 0.6) is 0 Å². The molecule has 3 nitrogen and oxygen atoms in total. The van der Waals surface area contributed by atoms with Crippen LogP contribution < -0.4 is 0 Å². The second-order valence-corrected chi connectivity index (χ2v) is 15.2. The number of rotatable bonds is 6. The quantitative estimate of drug-likeness (QED) is 0.171. The van der Waals surface area contributed by atoms with Gasteiger partial charge in [0.1, 0.15) is 11.2 Å². The van der Waals surface area contributed by atoms with Crippen molar-refractivity contribution < 1.29 is 4.42 Å². The Morgan fingerprint density at radius 3 is 1.66 bits per heavy atom. The normalized spacial score (nSPS) is 11.6. The number of thiophene rings is 1. The van der Waals surface area contributed by atoms with Gasteiger partial charge in [-0.2, -0.15) is 0 Å². The van der Waals surface area contributed by atoms with Gasteiger partial charge in [0.2, 0.25) is 0 Å². The van der Waals surface area contributed by atoms with Gasteiger partial charge in [0.15, 0.2) is 5.82 Å². The predicted octanol–water partition coefficient (Wildman–Crippen LogP) is 14.7. The molecule has 11 rings (SSSR count). The summed E-state index contributed by atoms with van der Waals surface area (Å²) in [5.74, 6) is 0.695. The number of nitrogens with zero attached hydrogens (tertiary/aromatic N) is 2. The molecule has 0 bridgehead atoms. The maximum Gasteiger partial charge on any atom is 0.160 e. The first kappa shape index (κ1) is 32.3. The highest BCUT2D eigenvalue weighted by atomic mass is 32.1. The molecule has 0 spiro atoms. The summed E-state index contributed by atoms with van der Waals surface area (Å²) in [6.45, 7) is 0. The highest BCUT2D eigenvalue weighted by Gasteiger charge is 2.19. The van der Waals surface area contributed by atoms with Crippen molar-refractivity contribution in [3.63, 3.8) is 0 Å². The van der Waals surface area contributed by atoms with Crippen molar-refractivity contribution in [1.82, 2.24) is 9.97 Å². The summed E-state index contributed by atoms with van der Waals surface area (Å²) in [5.41, 5.74) is 13.4. The Morgan fingerprint density at radius 1 is 0.357 bits per heavy atom. The van der Waals surface area contributed by atoms with Crippen molar-refractivity contribution in [3.05, 3.63) is 194 Å². The summed E-state index contributed by atoms with van der Waals surface area (Å²) in [7, 11) is 0. The first-order valence-electron chi connectivity index (χ1n) is 18.8. The zero-order valence-electron chi connectivity index (χ0n) is 30.2. The summed E-state index contributed by atoms with van der Waals surface area (Å²) < 4.78 is 9.30. The molecule has 0 fully saturated rings. The molecule has 0 saturated carbocycles. The number of furan rings is 1. The van der Waals surface area contributed by atoms with E-state index in [0.29, 0.717) is 5.82 Å². The third-order valence-electron chi connectivity index (χ3n) is 10.8. The van der Waals surface area contributed by atoms with Gasteiger partial charge in [0.25, 0.3) is 0 Å². The lowest BCUT2D eigenvalue weighted by Crippen LogP contribution is -1.96. The molecule has 3 heterocycles. The molecule has 11 aromatic rings. The lowest BCUT2D eigenvalue weighted by Gasteiger charge is -2.12. The van der Waals surface area contributed by atoms with Crippen LogP contribution in [0.4, 0.5) is 0 Å². The highest BCUT2D eigenvalue weighted by Crippen LogP contribution is 2.44. The van der Waals surface area contributed by atoms with Crippen molar-refractivity contribution in [3.8, 4) is 67.3 Å². The minimum absolute atomic E-state index is 0.695. The van der Waals surface area contributed by atoms with Crippen LogP contribution in [0.1, 0.15) is 0 Å². The summed E-state index contributed by atoms with van der Waals surface area (Å²) in [4.78, 5) is 10.2. The molecule has 0 saturated heterocycles. The summed E-state index contributed by atoms with van der Waals surface area (Å²) in [5, 5.41) is 4.80. The Hall–Kier alpha value is -7.14. The zero-order chi connectivity index (χ0) is 37.0. The van der Waals surface area contributed by atoms with Gasteiger partial charge in [-0.1, -0.05) is 158 Å². The highest BCUT2D eigenvalue weighted by molar-refractivity contribution is 7.25. The topological polar surface area (TPSA) is 38.9 Å². The summed E-state index contributed by atoms with van der Waals surface area (Å²) in [6, 6.07) is 68.4. The molecule has 0 aliphatic carbocycles. The number of fused-ring (bicyclic) bond motifs is 6. The van der Waals surface area contributed by atoms with Crippen molar-refractivity contribution in [1.29, 1.82) is 0 Å². The van der Waals surface area contributed by atoms with Crippen LogP contribution in [-0.4, -0.2) is 9.97 Å². The third-order valence-corrected chi connectivity index (χ3v) is 11.9. The fourth-order valence-electron chi connectivity index (χ4n) is 7.93. The number of hydrogen-bond donors (Lipinski definition) is 0. The maximum atomic E-state index is 6.70. The van der Waals surface area contributed by atoms with Crippen LogP contribution in [0.15, 0.2) is 199 Å². The largest absolute Gasteiger partial charge is 0.455 e. The van der Waals surface area contributed by atoms with E-state index in [1.54, 1.807) is 0 Å². The van der Waals surface area contributed by atoms with Crippen LogP contribution in [0.25, 0.3) is 109 Å². The van der Waals surface area contributed by atoms with E-state index in [0.717, 1.165) is 77.8 Å². The molecular formula is C52H32N2OS. The Kier molecular flexibility index (Phi) is 7.68. The van der Waals surface area contributed by atoms with Crippen molar-refractivity contribution in [2.75, 3.05) is 0 Å². The van der Waals surface area contributed by atoms with Crippen LogP contribution in [0.2, 0.25) is 0 Å². The standard InChI is InChI=1S/C52H32N2OS/c1-3-11-33(12-4-1)34-19-25-38(26-20-34)52-53-45(36-13-5-2-6-14-36)32-46(54-52)37-23-21-35(22-24-37)40-28-29-41(51-50(40)43-16-7-9-17-47(43)55-51)39-27-30-49-44(31-39)42-15-8-10-18-48(42)56-49/h1-32H. The Labute approximate surface area is 327 Å². The van der Waals surface area contributed by atoms with Gasteiger partial charge in [0, 0.05) is 53.2 Å². The zero-order valence-corrected chi connectivity index (χ0v) is 31.0. The van der Waals surface area contributed by atoms with Crippen LogP contribution in [0.3, 0.4) is 0 Å². The van der Waals surface area contributed by atoms with E-state index >= 15 is 0 Å². The predicted molar refractivity (Wildman–Crippen MR) is 235 cm³/mol. The second kappa shape index (κ2) is 13.3. The molecule has 0 amide bonds. The van der Waals surface area contributed by atoms with Crippen molar-refractivity contribution >= 4 is 53.4 Å². The molecule has 0 atom stereocenters. The lowest BCUT2D eigenvalue weighted by molar-refractivity contribution is 0.670. The van der Waals surface area contributed by atoms with Crippen LogP contribution in [0, 0.1) is 0 Å². The average Bonchev–Trinajstić information content (AvgIpc) is 3.85. The van der Waals surface area contributed by atoms with Crippen LogP contribution >= 0.6 is 11.3 Å². The molecule has 0 N–H and O–H groups in total. The van der Waals surface area contributed by atoms with E-state index in [9.17, 15) is 0 Å². The molecule has 56 heavy (non-hydrogen) atoms.